The van der Waals surface area contributed by atoms with Crippen molar-refractivity contribution in [3.8, 4) is 0 Å². The first-order valence-electron chi connectivity index (χ1n) is 4.91. The number of benzene rings is 1. The normalized spacial score (nSPS) is 10.7. The minimum absolute atomic E-state index is 0.559. The first-order chi connectivity index (χ1) is 8.27. The Hall–Kier alpha value is -1.58. The van der Waals surface area contributed by atoms with E-state index in [1.807, 2.05) is 18.2 Å². The highest BCUT2D eigenvalue weighted by molar-refractivity contribution is 6.38. The fourth-order valence-electron chi connectivity index (χ4n) is 1.23. The number of anilines is 1. The molecule has 3 nitrogen and oxygen atoms in total. The Bertz CT molecular complexity index is 506. The van der Waals surface area contributed by atoms with E-state index in [9.17, 15) is 0 Å². The fourth-order valence-corrected chi connectivity index (χ4v) is 1.72. The predicted octanol–water partition coefficient (Wildman–Crippen LogP) is 3.83. The zero-order chi connectivity index (χ0) is 12.1. The van der Waals surface area contributed by atoms with Crippen LogP contribution in [-0.4, -0.2) is 11.2 Å². The van der Waals surface area contributed by atoms with Crippen LogP contribution in [0.3, 0.4) is 0 Å². The van der Waals surface area contributed by atoms with Gasteiger partial charge in [-0.1, -0.05) is 35.3 Å². The molecule has 1 aromatic heterocycles. The highest BCUT2D eigenvalue weighted by Gasteiger charge is 2.01. The van der Waals surface area contributed by atoms with Crippen LogP contribution in [0.1, 0.15) is 5.56 Å². The maximum Gasteiger partial charge on any atom is 0.146 e. The molecular formula is C12H9Cl2N3. The third-order valence-electron chi connectivity index (χ3n) is 2.04. The molecule has 0 saturated carbocycles. The van der Waals surface area contributed by atoms with E-state index in [4.69, 9.17) is 23.2 Å². The second-order valence-electron chi connectivity index (χ2n) is 3.22. The van der Waals surface area contributed by atoms with Gasteiger partial charge in [-0.05, 0) is 24.3 Å². The number of hydrogen-bond acceptors (Lipinski definition) is 3. The molecule has 0 aliphatic heterocycles. The van der Waals surface area contributed by atoms with Crippen molar-refractivity contribution in [2.24, 2.45) is 5.10 Å². The molecule has 1 N–H and O–H groups in total. The van der Waals surface area contributed by atoms with Crippen LogP contribution in [0.2, 0.25) is 10.0 Å². The Labute approximate surface area is 109 Å². The van der Waals surface area contributed by atoms with Gasteiger partial charge in [-0.15, -0.1) is 0 Å². The van der Waals surface area contributed by atoms with Crippen molar-refractivity contribution >= 4 is 35.2 Å². The molecule has 2 aromatic rings. The van der Waals surface area contributed by atoms with Gasteiger partial charge in [-0.25, -0.2) is 4.98 Å². The number of hydrogen-bond donors (Lipinski definition) is 1. The van der Waals surface area contributed by atoms with Gasteiger partial charge in [0.1, 0.15) is 5.82 Å². The third kappa shape index (κ3) is 3.19. The largest absolute Gasteiger partial charge is 0.261 e. The van der Waals surface area contributed by atoms with E-state index in [0.29, 0.717) is 21.4 Å². The fraction of sp³-hybridized carbons (Fsp3) is 0. The van der Waals surface area contributed by atoms with Gasteiger partial charge in [-0.2, -0.15) is 5.10 Å². The third-order valence-corrected chi connectivity index (χ3v) is 2.70. The van der Waals surface area contributed by atoms with Crippen molar-refractivity contribution in [1.82, 2.24) is 4.98 Å². The van der Waals surface area contributed by atoms with Crippen LogP contribution in [0.4, 0.5) is 5.82 Å². The Balaban J connectivity index is 2.11. The molecule has 0 spiro atoms. The summed E-state index contributed by atoms with van der Waals surface area (Å²) < 4.78 is 0. The maximum absolute atomic E-state index is 5.99. The molecule has 0 bridgehead atoms. The standard InChI is InChI=1S/C12H9Cl2N3/c13-10-4-3-5-11(14)9(10)8-16-17-12-6-1-2-7-15-12/h1-8H,(H,15,17)/b16-8+. The SMILES string of the molecule is Clc1cccc(Cl)c1/C=N/Nc1ccccn1. The minimum atomic E-state index is 0.559. The Morgan fingerprint density at radius 3 is 2.47 bits per heavy atom. The topological polar surface area (TPSA) is 37.3 Å². The van der Waals surface area contributed by atoms with Crippen molar-refractivity contribution in [3.05, 3.63) is 58.2 Å². The molecule has 0 aliphatic carbocycles. The van der Waals surface area contributed by atoms with Crippen LogP contribution in [0, 0.1) is 0 Å². The van der Waals surface area contributed by atoms with E-state index in [0.717, 1.165) is 0 Å². The maximum atomic E-state index is 5.99. The van der Waals surface area contributed by atoms with E-state index in [2.05, 4.69) is 15.5 Å². The lowest BCUT2D eigenvalue weighted by Crippen LogP contribution is -1.93. The van der Waals surface area contributed by atoms with Crippen LogP contribution in [-0.2, 0) is 0 Å². The number of nitrogens with zero attached hydrogens (tertiary/aromatic N) is 2. The van der Waals surface area contributed by atoms with Crippen LogP contribution in [0.15, 0.2) is 47.7 Å². The average Bonchev–Trinajstić information content (AvgIpc) is 2.34. The molecule has 0 radical (unpaired) electrons. The zero-order valence-corrected chi connectivity index (χ0v) is 10.3. The predicted molar refractivity (Wildman–Crippen MR) is 71.9 cm³/mol. The van der Waals surface area contributed by atoms with E-state index in [-0.39, 0.29) is 0 Å². The molecule has 1 aromatic carbocycles. The summed E-state index contributed by atoms with van der Waals surface area (Å²) in [5.74, 6) is 0.659. The van der Waals surface area contributed by atoms with Crippen molar-refractivity contribution in [1.29, 1.82) is 0 Å². The summed E-state index contributed by atoms with van der Waals surface area (Å²) in [6, 6.07) is 10.8. The number of nitrogens with one attached hydrogen (secondary N) is 1. The molecule has 17 heavy (non-hydrogen) atoms. The number of rotatable bonds is 3. The molecule has 0 fully saturated rings. The number of aromatic nitrogens is 1. The van der Waals surface area contributed by atoms with Gasteiger partial charge in [0.05, 0.1) is 16.3 Å². The first-order valence-corrected chi connectivity index (χ1v) is 5.67. The first kappa shape index (κ1) is 11.9. The Kier molecular flexibility index (Phi) is 3.96. The lowest BCUT2D eigenvalue weighted by molar-refractivity contribution is 1.23. The summed E-state index contributed by atoms with van der Waals surface area (Å²) in [6.07, 6.45) is 3.25. The van der Waals surface area contributed by atoms with Crippen molar-refractivity contribution in [2.75, 3.05) is 5.43 Å². The van der Waals surface area contributed by atoms with Gasteiger partial charge in [0.25, 0.3) is 0 Å². The molecule has 5 heteroatoms. The van der Waals surface area contributed by atoms with E-state index < -0.39 is 0 Å². The zero-order valence-electron chi connectivity index (χ0n) is 8.77. The number of pyridine rings is 1. The molecule has 86 valence electrons. The number of halogens is 2. The molecule has 2 rings (SSSR count). The summed E-state index contributed by atoms with van der Waals surface area (Å²) in [7, 11) is 0. The molecule has 0 aliphatic rings. The lowest BCUT2D eigenvalue weighted by atomic mass is 10.2. The Morgan fingerprint density at radius 2 is 1.82 bits per heavy atom. The van der Waals surface area contributed by atoms with Gasteiger partial charge in [-0.3, -0.25) is 5.43 Å². The van der Waals surface area contributed by atoms with E-state index in [1.165, 1.54) is 0 Å². The van der Waals surface area contributed by atoms with Crippen molar-refractivity contribution < 1.29 is 0 Å². The van der Waals surface area contributed by atoms with Crippen LogP contribution >= 0.6 is 23.2 Å². The summed E-state index contributed by atoms with van der Waals surface area (Å²) in [6.45, 7) is 0. The van der Waals surface area contributed by atoms with Gasteiger partial charge >= 0.3 is 0 Å². The molecule has 0 unspecified atom stereocenters. The van der Waals surface area contributed by atoms with Gasteiger partial charge in [0.2, 0.25) is 0 Å². The molecule has 0 atom stereocenters. The van der Waals surface area contributed by atoms with Crippen LogP contribution in [0.25, 0.3) is 0 Å². The van der Waals surface area contributed by atoms with E-state index in [1.54, 1.807) is 30.6 Å². The summed E-state index contributed by atoms with van der Waals surface area (Å²) >= 11 is 12.0. The smallest absolute Gasteiger partial charge is 0.146 e. The summed E-state index contributed by atoms with van der Waals surface area (Å²) in [5.41, 5.74) is 3.47. The van der Waals surface area contributed by atoms with Gasteiger partial charge in [0.15, 0.2) is 0 Å². The molecule has 0 amide bonds. The van der Waals surface area contributed by atoms with Crippen molar-refractivity contribution in [3.63, 3.8) is 0 Å². The summed E-state index contributed by atoms with van der Waals surface area (Å²) in [4.78, 5) is 4.06. The average molecular weight is 266 g/mol. The molecule has 0 saturated heterocycles. The number of hydrazone groups is 1. The van der Waals surface area contributed by atoms with Crippen molar-refractivity contribution in [2.45, 2.75) is 0 Å². The van der Waals surface area contributed by atoms with Crippen LogP contribution in [0.5, 0.6) is 0 Å². The quantitative estimate of drug-likeness (QED) is 0.677. The van der Waals surface area contributed by atoms with Crippen LogP contribution < -0.4 is 5.43 Å². The highest BCUT2D eigenvalue weighted by Crippen LogP contribution is 2.22. The summed E-state index contributed by atoms with van der Waals surface area (Å²) in [5, 5.41) is 5.15. The monoisotopic (exact) mass is 265 g/mol. The second-order valence-corrected chi connectivity index (χ2v) is 4.03. The molecule has 1 heterocycles. The van der Waals surface area contributed by atoms with Gasteiger partial charge in [0, 0.05) is 11.8 Å². The minimum Gasteiger partial charge on any atom is -0.261 e. The molecular weight excluding hydrogens is 257 g/mol. The lowest BCUT2D eigenvalue weighted by Gasteiger charge is -2.01. The Morgan fingerprint density at radius 1 is 1.06 bits per heavy atom. The van der Waals surface area contributed by atoms with E-state index >= 15 is 0 Å². The highest BCUT2D eigenvalue weighted by atomic mass is 35.5. The second kappa shape index (κ2) is 5.66. The van der Waals surface area contributed by atoms with Gasteiger partial charge < -0.3 is 0 Å².